The van der Waals surface area contributed by atoms with E-state index < -0.39 is 29.4 Å². The van der Waals surface area contributed by atoms with Gasteiger partial charge >= 0.3 is 12.4 Å². The van der Waals surface area contributed by atoms with Crippen molar-refractivity contribution in [1.29, 1.82) is 0 Å². The molecule has 1 amide bonds. The molecule has 0 aliphatic carbocycles. The molecule has 0 aliphatic heterocycles. The van der Waals surface area contributed by atoms with E-state index in [-0.39, 0.29) is 17.2 Å². The molecular formula is C16H15F2N3O5. The molecule has 0 fully saturated rings. The lowest BCUT2D eigenvalue weighted by Crippen LogP contribution is -2.30. The van der Waals surface area contributed by atoms with Crippen molar-refractivity contribution in [3.8, 4) is 11.5 Å². The molecule has 0 spiro atoms. The van der Waals surface area contributed by atoms with Crippen molar-refractivity contribution >= 4 is 17.4 Å². The lowest BCUT2D eigenvalue weighted by Gasteiger charge is -2.16. The van der Waals surface area contributed by atoms with E-state index in [2.05, 4.69) is 15.0 Å². The third-order valence-corrected chi connectivity index (χ3v) is 3.19. The highest BCUT2D eigenvalue weighted by Crippen LogP contribution is 2.28. The summed E-state index contributed by atoms with van der Waals surface area (Å²) in [5.74, 6) is -1.62. The van der Waals surface area contributed by atoms with Crippen LogP contribution >= 0.6 is 0 Å². The smallest absolute Gasteiger partial charge is 0.406 e. The fraction of sp³-hybridized carbons (Fsp3) is 0.250. The third-order valence-electron chi connectivity index (χ3n) is 3.19. The van der Waals surface area contributed by atoms with Gasteiger partial charge in [0.05, 0.1) is 5.69 Å². The van der Waals surface area contributed by atoms with E-state index in [4.69, 9.17) is 4.74 Å². The molecule has 1 atom stereocenters. The Morgan fingerprint density at radius 3 is 2.54 bits per heavy atom. The van der Waals surface area contributed by atoms with E-state index in [0.717, 1.165) is 0 Å². The summed E-state index contributed by atoms with van der Waals surface area (Å²) < 4.78 is 34.4. The Morgan fingerprint density at radius 2 is 1.88 bits per heavy atom. The van der Waals surface area contributed by atoms with Gasteiger partial charge < -0.3 is 24.9 Å². The number of carbonyl (C=O) groups is 1. The first-order valence-corrected chi connectivity index (χ1v) is 7.41. The first-order chi connectivity index (χ1) is 12.3. The highest BCUT2D eigenvalue weighted by molar-refractivity contribution is 5.95. The molecule has 1 aromatic heterocycles. The molecule has 0 unspecified atom stereocenters. The zero-order chi connectivity index (χ0) is 19.3. The number of amides is 1. The molecule has 1 aromatic carbocycles. The molecule has 0 radical (unpaired) electrons. The van der Waals surface area contributed by atoms with Crippen LogP contribution in [-0.4, -0.2) is 28.5 Å². The Bertz CT molecular complexity index is 816. The SMILES string of the molecule is Cc1ccc(O[C@H](C)C(=O)Nc2ccccc2OC(F)F)c([N+](=O)[O-])n1. The summed E-state index contributed by atoms with van der Waals surface area (Å²) in [6.45, 7) is -0.120. The molecule has 2 rings (SSSR count). The summed E-state index contributed by atoms with van der Waals surface area (Å²) in [6.07, 6.45) is -1.15. The average Bonchev–Trinajstić information content (AvgIpc) is 2.57. The van der Waals surface area contributed by atoms with Gasteiger partial charge in [-0.15, -0.1) is 0 Å². The molecule has 1 N–H and O–H groups in total. The number of halogens is 2. The zero-order valence-corrected chi connectivity index (χ0v) is 13.8. The number of carbonyl (C=O) groups excluding carboxylic acids is 1. The van der Waals surface area contributed by atoms with Gasteiger partial charge in [-0.3, -0.25) is 4.79 Å². The average molecular weight is 367 g/mol. The number of aromatic nitrogens is 1. The summed E-state index contributed by atoms with van der Waals surface area (Å²) in [4.78, 5) is 26.3. The second-order valence-electron chi connectivity index (χ2n) is 5.16. The van der Waals surface area contributed by atoms with Crippen LogP contribution < -0.4 is 14.8 Å². The van der Waals surface area contributed by atoms with Gasteiger partial charge in [0, 0.05) is 6.92 Å². The van der Waals surface area contributed by atoms with Crippen molar-refractivity contribution in [1.82, 2.24) is 4.98 Å². The normalized spacial score (nSPS) is 11.7. The topological polar surface area (TPSA) is 104 Å². The predicted molar refractivity (Wildman–Crippen MR) is 87.4 cm³/mol. The van der Waals surface area contributed by atoms with Crippen LogP contribution in [0.25, 0.3) is 0 Å². The maximum atomic E-state index is 12.4. The molecule has 0 saturated heterocycles. The highest BCUT2D eigenvalue weighted by atomic mass is 19.3. The number of hydrogen-bond donors (Lipinski definition) is 1. The lowest BCUT2D eigenvalue weighted by molar-refractivity contribution is -0.390. The maximum Gasteiger partial charge on any atom is 0.406 e. The molecule has 8 nitrogen and oxygen atoms in total. The molecule has 0 saturated carbocycles. The zero-order valence-electron chi connectivity index (χ0n) is 13.8. The van der Waals surface area contributed by atoms with Gasteiger partial charge in [0.15, 0.2) is 6.10 Å². The molecule has 0 aliphatic rings. The van der Waals surface area contributed by atoms with Crippen LogP contribution in [0.15, 0.2) is 36.4 Å². The Morgan fingerprint density at radius 1 is 1.19 bits per heavy atom. The van der Waals surface area contributed by atoms with Crippen LogP contribution in [0, 0.1) is 17.0 Å². The standard InChI is InChI=1S/C16H15F2N3O5/c1-9-7-8-13(14(19-9)21(23)24)25-10(2)15(22)20-11-5-3-4-6-12(11)26-16(17)18/h3-8,10,16H,1-2H3,(H,20,22)/t10-/m1/s1. The van der Waals surface area contributed by atoms with Gasteiger partial charge in [-0.2, -0.15) is 8.78 Å². The van der Waals surface area contributed by atoms with Crippen molar-refractivity contribution < 1.29 is 28.0 Å². The van der Waals surface area contributed by atoms with E-state index in [1.807, 2.05) is 0 Å². The maximum absolute atomic E-state index is 12.4. The van der Waals surface area contributed by atoms with Gasteiger partial charge in [-0.05, 0) is 41.1 Å². The number of rotatable bonds is 7. The molecular weight excluding hydrogens is 352 g/mol. The van der Waals surface area contributed by atoms with Crippen molar-refractivity contribution in [3.63, 3.8) is 0 Å². The number of hydrogen-bond acceptors (Lipinski definition) is 6. The van der Waals surface area contributed by atoms with E-state index in [9.17, 15) is 23.7 Å². The second-order valence-corrected chi connectivity index (χ2v) is 5.16. The number of nitrogens with one attached hydrogen (secondary N) is 1. The van der Waals surface area contributed by atoms with E-state index in [0.29, 0.717) is 5.69 Å². The van der Waals surface area contributed by atoms with Crippen molar-refractivity contribution in [2.75, 3.05) is 5.32 Å². The number of pyridine rings is 1. The summed E-state index contributed by atoms with van der Waals surface area (Å²) in [7, 11) is 0. The van der Waals surface area contributed by atoms with E-state index in [1.54, 1.807) is 6.92 Å². The van der Waals surface area contributed by atoms with Gasteiger partial charge in [0.25, 0.3) is 5.91 Å². The largest absolute Gasteiger partial charge is 0.473 e. The number of nitro groups is 1. The summed E-state index contributed by atoms with van der Waals surface area (Å²) >= 11 is 0. The highest BCUT2D eigenvalue weighted by Gasteiger charge is 2.23. The lowest BCUT2D eigenvalue weighted by atomic mass is 10.2. The van der Waals surface area contributed by atoms with Gasteiger partial charge in [-0.25, -0.2) is 0 Å². The Hall–Kier alpha value is -3.30. The third kappa shape index (κ3) is 4.85. The molecule has 1 heterocycles. The van der Waals surface area contributed by atoms with Crippen LogP contribution in [0.3, 0.4) is 0 Å². The van der Waals surface area contributed by atoms with Crippen molar-refractivity contribution in [2.45, 2.75) is 26.6 Å². The second kappa shape index (κ2) is 8.19. The number of para-hydroxylation sites is 2. The Kier molecular flexibility index (Phi) is 5.99. The molecule has 138 valence electrons. The minimum absolute atomic E-state index is 0.0183. The number of nitrogens with zero attached hydrogens (tertiary/aromatic N) is 2. The minimum Gasteiger partial charge on any atom is -0.473 e. The van der Waals surface area contributed by atoms with Crippen LogP contribution in [0.2, 0.25) is 0 Å². The molecule has 10 heteroatoms. The quantitative estimate of drug-likeness (QED) is 0.595. The minimum atomic E-state index is -3.05. The predicted octanol–water partition coefficient (Wildman–Crippen LogP) is 3.31. The van der Waals surface area contributed by atoms with Crippen LogP contribution in [0.1, 0.15) is 12.6 Å². The number of alkyl halides is 2. The Labute approximate surface area is 146 Å². The first kappa shape index (κ1) is 19.0. The van der Waals surface area contributed by atoms with Gasteiger partial charge in [0.2, 0.25) is 5.75 Å². The monoisotopic (exact) mass is 367 g/mol. The summed E-state index contributed by atoms with van der Waals surface area (Å²) in [6, 6.07) is 8.46. The van der Waals surface area contributed by atoms with Crippen LogP contribution in [0.4, 0.5) is 20.3 Å². The number of aryl methyl sites for hydroxylation is 1. The van der Waals surface area contributed by atoms with Crippen LogP contribution in [-0.2, 0) is 4.79 Å². The number of anilines is 1. The number of benzene rings is 1. The van der Waals surface area contributed by atoms with E-state index >= 15 is 0 Å². The summed E-state index contributed by atoms with van der Waals surface area (Å²) in [5, 5.41) is 13.4. The molecule has 2 aromatic rings. The van der Waals surface area contributed by atoms with Gasteiger partial charge in [-0.1, -0.05) is 12.1 Å². The van der Waals surface area contributed by atoms with E-state index in [1.165, 1.54) is 43.3 Å². The first-order valence-electron chi connectivity index (χ1n) is 7.41. The fourth-order valence-electron chi connectivity index (χ4n) is 2.00. The number of ether oxygens (including phenoxy) is 2. The van der Waals surface area contributed by atoms with Crippen molar-refractivity contribution in [2.24, 2.45) is 0 Å². The summed E-state index contributed by atoms with van der Waals surface area (Å²) in [5.41, 5.74) is 0.434. The fourth-order valence-corrected chi connectivity index (χ4v) is 2.00. The Balaban J connectivity index is 2.13. The molecule has 0 bridgehead atoms. The van der Waals surface area contributed by atoms with Crippen LogP contribution in [0.5, 0.6) is 11.5 Å². The van der Waals surface area contributed by atoms with Gasteiger partial charge in [0.1, 0.15) is 11.4 Å². The van der Waals surface area contributed by atoms with Crippen molar-refractivity contribution in [3.05, 3.63) is 52.2 Å². The molecule has 26 heavy (non-hydrogen) atoms.